The number of hydrogen-bond donors (Lipinski definition) is 0. The molecular formula is C24H25NO9S. The highest BCUT2D eigenvalue weighted by Gasteiger charge is 2.44. The number of carbonyl (C=O) groups is 2. The number of hydrogen-bond acceptors (Lipinski definition) is 9. The zero-order valence-corrected chi connectivity index (χ0v) is 20.9. The van der Waals surface area contributed by atoms with E-state index in [0.717, 1.165) is 0 Å². The fourth-order valence-corrected chi connectivity index (χ4v) is 5.66. The number of Topliss-reactive ketones (excluding diaryl/α,β-unsaturated/α-hetero) is 1. The lowest BCUT2D eigenvalue weighted by Crippen LogP contribution is -2.34. The van der Waals surface area contributed by atoms with Gasteiger partial charge in [0.25, 0.3) is 15.9 Å². The van der Waals surface area contributed by atoms with E-state index in [4.69, 9.17) is 23.4 Å². The molecule has 3 aromatic rings. The quantitative estimate of drug-likeness (QED) is 0.420. The normalized spacial score (nSPS) is 14.4. The predicted octanol–water partition coefficient (Wildman–Crippen LogP) is 3.97. The molecule has 10 nitrogen and oxygen atoms in total. The van der Waals surface area contributed by atoms with Gasteiger partial charge in [0.15, 0.2) is 23.8 Å². The Kier molecular flexibility index (Phi) is 6.14. The van der Waals surface area contributed by atoms with Gasteiger partial charge in [0.2, 0.25) is 5.75 Å². The van der Waals surface area contributed by atoms with Gasteiger partial charge in [-0.05, 0) is 30.5 Å². The van der Waals surface area contributed by atoms with Crippen LogP contribution in [0.2, 0.25) is 0 Å². The van der Waals surface area contributed by atoms with Crippen molar-refractivity contribution in [2.75, 3.05) is 28.1 Å². The molecule has 0 saturated carbocycles. The number of nitrogens with zero attached hydrogens (tertiary/aromatic N) is 1. The Morgan fingerprint density at radius 2 is 1.74 bits per heavy atom. The second-order valence-corrected chi connectivity index (χ2v) is 10.00. The van der Waals surface area contributed by atoms with Crippen molar-refractivity contribution in [2.45, 2.75) is 31.6 Å². The van der Waals surface area contributed by atoms with Gasteiger partial charge in [0, 0.05) is 6.07 Å². The second kappa shape index (κ2) is 8.81. The number of sulfonamides is 1. The standard InChI is InChI=1S/C24H25NO9S/c1-12(2)16-9-14(30-4)10-17-19(16)24(27)25(35(17,28)29)11-34-22-18(13(3)26)20(31-5)15-7-8-33-21(15)23(22)32-6/h7-10,12H,11H2,1-6H3. The lowest BCUT2D eigenvalue weighted by Gasteiger charge is -2.20. The molecule has 0 spiro atoms. The van der Waals surface area contributed by atoms with Crippen LogP contribution in [0.25, 0.3) is 11.0 Å². The van der Waals surface area contributed by atoms with E-state index in [9.17, 15) is 18.0 Å². The highest BCUT2D eigenvalue weighted by molar-refractivity contribution is 7.90. The van der Waals surface area contributed by atoms with Crippen LogP contribution in [0, 0.1) is 0 Å². The van der Waals surface area contributed by atoms with Crippen molar-refractivity contribution >= 4 is 32.7 Å². The lowest BCUT2D eigenvalue weighted by atomic mass is 9.96. The molecule has 0 radical (unpaired) electrons. The van der Waals surface area contributed by atoms with Crippen LogP contribution in [0.4, 0.5) is 0 Å². The number of benzene rings is 2. The minimum atomic E-state index is -4.26. The molecule has 0 fully saturated rings. The third-order valence-electron chi connectivity index (χ3n) is 5.84. The highest BCUT2D eigenvalue weighted by atomic mass is 32.2. The average molecular weight is 504 g/mol. The van der Waals surface area contributed by atoms with Crippen LogP contribution in [0.5, 0.6) is 23.0 Å². The molecule has 0 aliphatic carbocycles. The number of furan rings is 1. The van der Waals surface area contributed by atoms with Gasteiger partial charge in [-0.15, -0.1) is 0 Å². The molecule has 2 heterocycles. The van der Waals surface area contributed by atoms with Crippen LogP contribution >= 0.6 is 0 Å². The molecule has 35 heavy (non-hydrogen) atoms. The number of ketones is 1. The molecule has 11 heteroatoms. The van der Waals surface area contributed by atoms with Crippen molar-refractivity contribution in [2.24, 2.45) is 0 Å². The third kappa shape index (κ3) is 3.66. The van der Waals surface area contributed by atoms with Crippen LogP contribution in [-0.4, -0.2) is 52.5 Å². The van der Waals surface area contributed by atoms with E-state index in [-0.39, 0.29) is 44.8 Å². The number of amides is 1. The Balaban J connectivity index is 1.82. The minimum absolute atomic E-state index is 0.0318. The molecular weight excluding hydrogens is 478 g/mol. The molecule has 2 aromatic carbocycles. The summed E-state index contributed by atoms with van der Waals surface area (Å²) in [7, 11) is -0.0937. The maximum absolute atomic E-state index is 13.4. The Bertz CT molecular complexity index is 1450. The first-order valence-electron chi connectivity index (χ1n) is 10.7. The van der Waals surface area contributed by atoms with Crippen molar-refractivity contribution < 1.29 is 41.4 Å². The molecule has 1 aliphatic rings. The van der Waals surface area contributed by atoms with Gasteiger partial charge < -0.3 is 23.4 Å². The van der Waals surface area contributed by atoms with Gasteiger partial charge >= 0.3 is 0 Å². The zero-order chi connectivity index (χ0) is 25.7. The molecule has 0 atom stereocenters. The molecule has 0 N–H and O–H groups in total. The SMILES string of the molecule is COc1cc(C(C)C)c2c(c1)S(=O)(=O)N(COc1c(C(C)=O)c(OC)c3ccoc3c1OC)C2=O. The summed E-state index contributed by atoms with van der Waals surface area (Å²) in [4.78, 5) is 25.7. The van der Waals surface area contributed by atoms with Gasteiger partial charge in [-0.25, -0.2) is 8.42 Å². The number of ether oxygens (including phenoxy) is 4. The van der Waals surface area contributed by atoms with E-state index >= 15 is 0 Å². The van der Waals surface area contributed by atoms with Crippen molar-refractivity contribution in [3.8, 4) is 23.0 Å². The Morgan fingerprint density at radius 1 is 1.06 bits per heavy atom. The van der Waals surface area contributed by atoms with E-state index < -0.39 is 28.4 Å². The van der Waals surface area contributed by atoms with Crippen LogP contribution in [-0.2, 0) is 10.0 Å². The van der Waals surface area contributed by atoms with E-state index in [0.29, 0.717) is 21.0 Å². The summed E-state index contributed by atoms with van der Waals surface area (Å²) >= 11 is 0. The molecule has 0 unspecified atom stereocenters. The van der Waals surface area contributed by atoms with Crippen molar-refractivity contribution in [3.05, 3.63) is 41.2 Å². The number of carbonyl (C=O) groups excluding carboxylic acids is 2. The first-order chi connectivity index (χ1) is 16.6. The second-order valence-electron chi connectivity index (χ2n) is 8.17. The molecule has 4 rings (SSSR count). The zero-order valence-electron chi connectivity index (χ0n) is 20.1. The van der Waals surface area contributed by atoms with Crippen LogP contribution in [0.1, 0.15) is 53.0 Å². The van der Waals surface area contributed by atoms with Gasteiger partial charge in [0.05, 0.1) is 38.5 Å². The van der Waals surface area contributed by atoms with Crippen LogP contribution in [0.3, 0.4) is 0 Å². The maximum atomic E-state index is 13.4. The smallest absolute Gasteiger partial charge is 0.272 e. The lowest BCUT2D eigenvalue weighted by molar-refractivity contribution is 0.0785. The van der Waals surface area contributed by atoms with Gasteiger partial charge in [-0.1, -0.05) is 13.8 Å². The summed E-state index contributed by atoms with van der Waals surface area (Å²) in [5, 5.41) is 0.479. The molecule has 1 aromatic heterocycles. The van der Waals surface area contributed by atoms with E-state index in [1.165, 1.54) is 40.6 Å². The Labute approximate surface area is 202 Å². The van der Waals surface area contributed by atoms with Gasteiger partial charge in [-0.2, -0.15) is 4.31 Å². The summed E-state index contributed by atoms with van der Waals surface area (Å²) < 4.78 is 54.8. The molecule has 1 aliphatic heterocycles. The first-order valence-corrected chi connectivity index (χ1v) is 12.1. The van der Waals surface area contributed by atoms with Crippen molar-refractivity contribution in [3.63, 3.8) is 0 Å². The Hall–Kier alpha value is -3.73. The number of fused-ring (bicyclic) bond motifs is 2. The average Bonchev–Trinajstić information content (AvgIpc) is 3.37. The minimum Gasteiger partial charge on any atom is -0.497 e. The molecule has 186 valence electrons. The van der Waals surface area contributed by atoms with Crippen molar-refractivity contribution in [1.29, 1.82) is 0 Å². The fourth-order valence-electron chi connectivity index (χ4n) is 4.19. The van der Waals surface area contributed by atoms with Crippen LogP contribution in [0.15, 0.2) is 33.8 Å². The van der Waals surface area contributed by atoms with Gasteiger partial charge in [0.1, 0.15) is 22.0 Å². The summed E-state index contributed by atoms with van der Waals surface area (Å²) in [6.45, 7) is 4.30. The number of methoxy groups -OCH3 is 3. The van der Waals surface area contributed by atoms with E-state index in [1.807, 2.05) is 13.8 Å². The Morgan fingerprint density at radius 3 is 2.31 bits per heavy atom. The van der Waals surface area contributed by atoms with Crippen molar-refractivity contribution in [1.82, 2.24) is 4.31 Å². The van der Waals surface area contributed by atoms with E-state index in [2.05, 4.69) is 0 Å². The fraction of sp³-hybridized carbons (Fsp3) is 0.333. The summed E-state index contributed by atoms with van der Waals surface area (Å²) in [5.41, 5.74) is 0.887. The largest absolute Gasteiger partial charge is 0.497 e. The predicted molar refractivity (Wildman–Crippen MR) is 125 cm³/mol. The summed E-state index contributed by atoms with van der Waals surface area (Å²) in [6.07, 6.45) is 1.40. The molecule has 0 bridgehead atoms. The topological polar surface area (TPSA) is 122 Å². The highest BCUT2D eigenvalue weighted by Crippen LogP contribution is 2.47. The van der Waals surface area contributed by atoms with Gasteiger partial charge in [-0.3, -0.25) is 9.59 Å². The molecule has 0 saturated heterocycles. The summed E-state index contributed by atoms with van der Waals surface area (Å²) in [5.74, 6) is -0.816. The number of rotatable bonds is 8. The first kappa shape index (κ1) is 24.4. The summed E-state index contributed by atoms with van der Waals surface area (Å²) in [6, 6.07) is 4.57. The maximum Gasteiger partial charge on any atom is 0.272 e. The van der Waals surface area contributed by atoms with Crippen LogP contribution < -0.4 is 18.9 Å². The molecule has 1 amide bonds. The van der Waals surface area contributed by atoms with E-state index in [1.54, 1.807) is 12.1 Å². The monoisotopic (exact) mass is 503 g/mol. The third-order valence-corrected chi connectivity index (χ3v) is 7.56.